The molecule has 0 aliphatic carbocycles. The Morgan fingerprint density at radius 2 is 1.69 bits per heavy atom. The maximum Gasteiger partial charge on any atom is 0.255 e. The Morgan fingerprint density at radius 3 is 2.35 bits per heavy atom. The molecular weight excluding hydrogens is 346 g/mol. The number of anilines is 1. The van der Waals surface area contributed by atoms with Crippen LogP contribution in [0.2, 0.25) is 5.02 Å². The molecule has 4 nitrogen and oxygen atoms in total. The highest BCUT2D eigenvalue weighted by Crippen LogP contribution is 2.30. The molecule has 5 heteroatoms. The van der Waals surface area contributed by atoms with Crippen LogP contribution in [0, 0.1) is 13.8 Å². The molecule has 0 radical (unpaired) electrons. The number of rotatable bonds is 4. The number of hydrogen-bond acceptors (Lipinski definition) is 3. The standard InChI is InChI=1S/C21H22ClN3O/c1-5-14-7-9-17(22)16(6-2)20(14)25-21(26)15-8-10-18-19(11-15)24-13(4)12(3)23-18/h7-11H,5-6H2,1-4H3,(H,25,26). The topological polar surface area (TPSA) is 54.9 Å². The van der Waals surface area contributed by atoms with Gasteiger partial charge in [0.15, 0.2) is 0 Å². The second-order valence-electron chi connectivity index (χ2n) is 6.32. The Balaban J connectivity index is 2.00. The molecule has 0 fully saturated rings. The number of halogens is 1. The van der Waals surface area contributed by atoms with Gasteiger partial charge in [0, 0.05) is 16.3 Å². The van der Waals surface area contributed by atoms with Crippen LogP contribution in [0.5, 0.6) is 0 Å². The van der Waals surface area contributed by atoms with E-state index < -0.39 is 0 Å². The molecule has 1 heterocycles. The van der Waals surface area contributed by atoms with Gasteiger partial charge >= 0.3 is 0 Å². The number of aromatic nitrogens is 2. The molecule has 2 aromatic carbocycles. The number of amides is 1. The summed E-state index contributed by atoms with van der Waals surface area (Å²) in [5, 5.41) is 3.73. The fourth-order valence-electron chi connectivity index (χ4n) is 3.02. The summed E-state index contributed by atoms with van der Waals surface area (Å²) in [5.74, 6) is -0.168. The predicted molar refractivity (Wildman–Crippen MR) is 107 cm³/mol. The van der Waals surface area contributed by atoms with Gasteiger partial charge in [-0.05, 0) is 62.1 Å². The summed E-state index contributed by atoms with van der Waals surface area (Å²) in [5.41, 5.74) is 6.69. The van der Waals surface area contributed by atoms with E-state index in [9.17, 15) is 4.79 Å². The Labute approximate surface area is 158 Å². The van der Waals surface area contributed by atoms with Gasteiger partial charge in [-0.3, -0.25) is 4.79 Å². The molecule has 3 rings (SSSR count). The molecule has 1 aromatic heterocycles. The Morgan fingerprint density at radius 1 is 1.00 bits per heavy atom. The van der Waals surface area contributed by atoms with Crippen LogP contribution in [-0.2, 0) is 12.8 Å². The first-order valence-electron chi connectivity index (χ1n) is 8.81. The number of nitrogens with one attached hydrogen (secondary N) is 1. The lowest BCUT2D eigenvalue weighted by Crippen LogP contribution is -2.15. The maximum atomic E-state index is 12.9. The first-order valence-corrected chi connectivity index (χ1v) is 9.19. The van der Waals surface area contributed by atoms with Gasteiger partial charge in [0.2, 0.25) is 0 Å². The smallest absolute Gasteiger partial charge is 0.255 e. The third-order valence-electron chi connectivity index (χ3n) is 4.65. The van der Waals surface area contributed by atoms with Gasteiger partial charge in [0.1, 0.15) is 0 Å². The van der Waals surface area contributed by atoms with E-state index in [-0.39, 0.29) is 5.91 Å². The lowest BCUT2D eigenvalue weighted by molar-refractivity contribution is 0.102. The maximum absolute atomic E-state index is 12.9. The molecule has 1 N–H and O–H groups in total. The summed E-state index contributed by atoms with van der Waals surface area (Å²) >= 11 is 6.33. The second-order valence-corrected chi connectivity index (χ2v) is 6.73. The zero-order valence-corrected chi connectivity index (χ0v) is 16.2. The van der Waals surface area contributed by atoms with Gasteiger partial charge in [-0.15, -0.1) is 0 Å². The normalized spacial score (nSPS) is 11.0. The quantitative estimate of drug-likeness (QED) is 0.682. The molecule has 0 spiro atoms. The zero-order chi connectivity index (χ0) is 18.8. The van der Waals surface area contributed by atoms with Gasteiger partial charge in [0.25, 0.3) is 5.91 Å². The zero-order valence-electron chi connectivity index (χ0n) is 15.5. The van der Waals surface area contributed by atoms with Crippen LogP contribution < -0.4 is 5.32 Å². The van der Waals surface area contributed by atoms with E-state index >= 15 is 0 Å². The molecule has 0 atom stereocenters. The third kappa shape index (κ3) is 3.42. The van der Waals surface area contributed by atoms with Crippen molar-refractivity contribution >= 4 is 34.2 Å². The number of nitrogens with zero attached hydrogens (tertiary/aromatic N) is 2. The average Bonchev–Trinajstić information content (AvgIpc) is 2.62. The van der Waals surface area contributed by atoms with Gasteiger partial charge < -0.3 is 5.32 Å². The largest absolute Gasteiger partial charge is 0.321 e. The SMILES string of the molecule is CCc1ccc(Cl)c(CC)c1NC(=O)c1ccc2nc(C)c(C)nc2c1. The molecule has 0 saturated heterocycles. The van der Waals surface area contributed by atoms with Crippen LogP contribution in [-0.4, -0.2) is 15.9 Å². The van der Waals surface area contributed by atoms with Crippen molar-refractivity contribution in [2.75, 3.05) is 5.32 Å². The first-order chi connectivity index (χ1) is 12.4. The summed E-state index contributed by atoms with van der Waals surface area (Å²) < 4.78 is 0. The number of carbonyl (C=O) groups excluding carboxylic acids is 1. The summed E-state index contributed by atoms with van der Waals surface area (Å²) in [6.07, 6.45) is 1.57. The van der Waals surface area contributed by atoms with E-state index in [0.717, 1.165) is 52.1 Å². The summed E-state index contributed by atoms with van der Waals surface area (Å²) in [6, 6.07) is 9.26. The van der Waals surface area contributed by atoms with Gasteiger partial charge in [-0.1, -0.05) is 31.5 Å². The molecule has 0 aliphatic rings. The molecule has 0 saturated carbocycles. The van der Waals surface area contributed by atoms with E-state index in [4.69, 9.17) is 11.6 Å². The van der Waals surface area contributed by atoms with Crippen molar-refractivity contribution in [1.82, 2.24) is 9.97 Å². The molecule has 0 bridgehead atoms. The van der Waals surface area contributed by atoms with E-state index in [1.54, 1.807) is 12.1 Å². The van der Waals surface area contributed by atoms with Crippen molar-refractivity contribution in [3.63, 3.8) is 0 Å². The highest BCUT2D eigenvalue weighted by Gasteiger charge is 2.15. The Hall–Kier alpha value is -2.46. The number of hydrogen-bond donors (Lipinski definition) is 1. The predicted octanol–water partition coefficient (Wildman–Crippen LogP) is 5.28. The van der Waals surface area contributed by atoms with E-state index in [0.29, 0.717) is 10.6 Å². The summed E-state index contributed by atoms with van der Waals surface area (Å²) in [6.45, 7) is 7.95. The molecular formula is C21H22ClN3O. The van der Waals surface area contributed by atoms with Crippen LogP contribution in [0.4, 0.5) is 5.69 Å². The van der Waals surface area contributed by atoms with E-state index in [1.165, 1.54) is 0 Å². The number of aryl methyl sites for hydroxylation is 3. The average molecular weight is 368 g/mol. The van der Waals surface area contributed by atoms with Crippen molar-refractivity contribution in [1.29, 1.82) is 0 Å². The Kier molecular flexibility index (Phi) is 5.23. The van der Waals surface area contributed by atoms with Gasteiger partial charge in [0.05, 0.1) is 22.4 Å². The second kappa shape index (κ2) is 7.42. The lowest BCUT2D eigenvalue weighted by Gasteiger charge is -2.16. The number of fused-ring (bicyclic) bond motifs is 1. The van der Waals surface area contributed by atoms with Crippen molar-refractivity contribution in [3.05, 3.63) is 63.4 Å². The van der Waals surface area contributed by atoms with Crippen molar-refractivity contribution < 1.29 is 4.79 Å². The van der Waals surface area contributed by atoms with Crippen LogP contribution >= 0.6 is 11.6 Å². The van der Waals surface area contributed by atoms with Crippen LogP contribution in [0.15, 0.2) is 30.3 Å². The Bertz CT molecular complexity index is 998. The lowest BCUT2D eigenvalue weighted by atomic mass is 10.0. The summed E-state index contributed by atoms with van der Waals surface area (Å²) in [7, 11) is 0. The first kappa shape index (κ1) is 18.3. The molecule has 26 heavy (non-hydrogen) atoms. The minimum atomic E-state index is -0.168. The highest BCUT2D eigenvalue weighted by molar-refractivity contribution is 6.32. The minimum absolute atomic E-state index is 0.168. The van der Waals surface area contributed by atoms with Crippen molar-refractivity contribution in [2.24, 2.45) is 0 Å². The van der Waals surface area contributed by atoms with Crippen LogP contribution in [0.3, 0.4) is 0 Å². The number of benzene rings is 2. The van der Waals surface area contributed by atoms with Crippen molar-refractivity contribution in [2.45, 2.75) is 40.5 Å². The highest BCUT2D eigenvalue weighted by atomic mass is 35.5. The van der Waals surface area contributed by atoms with E-state index in [1.807, 2.05) is 39.0 Å². The summed E-state index contributed by atoms with van der Waals surface area (Å²) in [4.78, 5) is 21.9. The van der Waals surface area contributed by atoms with Crippen LogP contribution in [0.1, 0.15) is 46.7 Å². The monoisotopic (exact) mass is 367 g/mol. The van der Waals surface area contributed by atoms with Crippen LogP contribution in [0.25, 0.3) is 11.0 Å². The molecule has 3 aromatic rings. The number of carbonyl (C=O) groups is 1. The fraction of sp³-hybridized carbons (Fsp3) is 0.286. The van der Waals surface area contributed by atoms with Gasteiger partial charge in [-0.2, -0.15) is 0 Å². The molecule has 0 unspecified atom stereocenters. The minimum Gasteiger partial charge on any atom is -0.321 e. The molecule has 1 amide bonds. The molecule has 0 aliphatic heterocycles. The van der Waals surface area contributed by atoms with Gasteiger partial charge in [-0.25, -0.2) is 9.97 Å². The fourth-order valence-corrected chi connectivity index (χ4v) is 3.32. The van der Waals surface area contributed by atoms with Crippen molar-refractivity contribution in [3.8, 4) is 0 Å². The van der Waals surface area contributed by atoms with E-state index in [2.05, 4.69) is 22.2 Å². The molecule has 134 valence electrons. The third-order valence-corrected chi connectivity index (χ3v) is 5.01.